The first kappa shape index (κ1) is 20.2. The van der Waals surface area contributed by atoms with E-state index in [0.717, 1.165) is 11.1 Å². The van der Waals surface area contributed by atoms with Crippen molar-refractivity contribution in [1.82, 2.24) is 4.31 Å². The highest BCUT2D eigenvalue weighted by atomic mass is 32.2. The van der Waals surface area contributed by atoms with E-state index in [1.807, 2.05) is 6.92 Å². The molecule has 1 heterocycles. The molecule has 0 fully saturated rings. The van der Waals surface area contributed by atoms with Gasteiger partial charge in [-0.2, -0.15) is 4.31 Å². The predicted molar refractivity (Wildman–Crippen MR) is 103 cm³/mol. The monoisotopic (exact) mass is 405 g/mol. The molecular formula is C20H23NO6S. The molecule has 0 radical (unpaired) electrons. The molecule has 2 aromatic rings. The maximum Gasteiger partial charge on any atom is 0.305 e. The van der Waals surface area contributed by atoms with Crippen LogP contribution in [0.4, 0.5) is 0 Å². The van der Waals surface area contributed by atoms with Crippen molar-refractivity contribution in [2.24, 2.45) is 0 Å². The van der Waals surface area contributed by atoms with E-state index in [1.165, 1.54) is 18.5 Å². The number of carbonyl (C=O) groups is 1. The van der Waals surface area contributed by atoms with Crippen molar-refractivity contribution in [2.45, 2.75) is 30.7 Å². The van der Waals surface area contributed by atoms with Gasteiger partial charge in [-0.3, -0.25) is 4.79 Å². The van der Waals surface area contributed by atoms with Crippen LogP contribution in [0.5, 0.6) is 11.5 Å². The van der Waals surface area contributed by atoms with Crippen LogP contribution in [-0.2, 0) is 21.2 Å². The summed E-state index contributed by atoms with van der Waals surface area (Å²) in [6.07, 6.45) is 0.116. The number of sulfonamides is 1. The van der Waals surface area contributed by atoms with E-state index in [1.54, 1.807) is 36.4 Å². The number of ether oxygens (including phenoxy) is 2. The van der Waals surface area contributed by atoms with Gasteiger partial charge in [0.1, 0.15) is 0 Å². The van der Waals surface area contributed by atoms with Crippen molar-refractivity contribution in [1.29, 1.82) is 0 Å². The summed E-state index contributed by atoms with van der Waals surface area (Å²) >= 11 is 0. The molecule has 8 heteroatoms. The fraction of sp³-hybridized carbons (Fsp3) is 0.350. The zero-order chi connectivity index (χ0) is 20.5. The van der Waals surface area contributed by atoms with Crippen molar-refractivity contribution < 1.29 is 27.8 Å². The Kier molecular flexibility index (Phi) is 5.62. The van der Waals surface area contributed by atoms with Crippen LogP contribution < -0.4 is 9.47 Å². The summed E-state index contributed by atoms with van der Waals surface area (Å²) in [5, 5.41) is 9.43. The maximum atomic E-state index is 13.3. The Morgan fingerprint density at radius 3 is 2.32 bits per heavy atom. The van der Waals surface area contributed by atoms with Crippen LogP contribution in [0.3, 0.4) is 0 Å². The van der Waals surface area contributed by atoms with Gasteiger partial charge in [0.25, 0.3) is 0 Å². The van der Waals surface area contributed by atoms with Gasteiger partial charge in [-0.15, -0.1) is 0 Å². The third-order valence-corrected chi connectivity index (χ3v) is 6.87. The maximum absolute atomic E-state index is 13.3. The average molecular weight is 405 g/mol. The lowest BCUT2D eigenvalue weighted by Gasteiger charge is -2.36. The van der Waals surface area contributed by atoms with Gasteiger partial charge in [-0.05, 0) is 48.7 Å². The minimum atomic E-state index is -3.85. The molecule has 0 aromatic heterocycles. The van der Waals surface area contributed by atoms with E-state index in [0.29, 0.717) is 23.5 Å². The molecule has 0 amide bonds. The fourth-order valence-corrected chi connectivity index (χ4v) is 5.12. The predicted octanol–water partition coefficient (Wildman–Crippen LogP) is 2.78. The summed E-state index contributed by atoms with van der Waals surface area (Å²) in [5.74, 6) is -0.104. The van der Waals surface area contributed by atoms with Crippen molar-refractivity contribution in [3.63, 3.8) is 0 Å². The number of carboxylic acids is 1. The standard InChI is InChI=1S/C20H23NO6S/c1-13-4-6-15(7-5-13)28(24,25)21-9-8-14-10-18(26-2)19(27-3)11-16(14)17(21)12-20(22)23/h4-7,10-11,17H,8-9,12H2,1-3H3,(H,22,23). The molecule has 0 saturated heterocycles. The summed E-state index contributed by atoms with van der Waals surface area (Å²) in [4.78, 5) is 11.7. The van der Waals surface area contributed by atoms with Crippen molar-refractivity contribution in [3.8, 4) is 11.5 Å². The number of aliphatic carboxylic acids is 1. The average Bonchev–Trinajstić information content (AvgIpc) is 2.66. The minimum Gasteiger partial charge on any atom is -0.493 e. The number of nitrogens with zero attached hydrogens (tertiary/aromatic N) is 1. The molecule has 7 nitrogen and oxygen atoms in total. The number of benzene rings is 2. The van der Waals surface area contributed by atoms with Crippen molar-refractivity contribution in [3.05, 3.63) is 53.1 Å². The van der Waals surface area contributed by atoms with Gasteiger partial charge in [0.15, 0.2) is 11.5 Å². The van der Waals surface area contributed by atoms with Crippen LogP contribution in [0.2, 0.25) is 0 Å². The van der Waals surface area contributed by atoms with Crippen LogP contribution in [0.1, 0.15) is 29.2 Å². The number of hydrogen-bond acceptors (Lipinski definition) is 5. The van der Waals surface area contributed by atoms with E-state index >= 15 is 0 Å². The molecule has 1 unspecified atom stereocenters. The van der Waals surface area contributed by atoms with Gasteiger partial charge >= 0.3 is 5.97 Å². The number of carboxylic acid groups (broad SMARTS) is 1. The molecule has 3 rings (SSSR count). The van der Waals surface area contributed by atoms with Gasteiger partial charge in [0.05, 0.1) is 31.6 Å². The van der Waals surface area contributed by atoms with E-state index in [-0.39, 0.29) is 17.9 Å². The summed E-state index contributed by atoms with van der Waals surface area (Å²) < 4.78 is 38.4. The first-order valence-corrected chi connectivity index (χ1v) is 10.3. The lowest BCUT2D eigenvalue weighted by atomic mass is 9.92. The Bertz CT molecular complexity index is 985. The molecule has 28 heavy (non-hydrogen) atoms. The van der Waals surface area contributed by atoms with Gasteiger partial charge in [-0.25, -0.2) is 8.42 Å². The fourth-order valence-electron chi connectivity index (χ4n) is 3.52. The lowest BCUT2D eigenvalue weighted by molar-refractivity contribution is -0.138. The molecule has 1 aliphatic rings. The molecule has 150 valence electrons. The molecular weight excluding hydrogens is 382 g/mol. The van der Waals surface area contributed by atoms with E-state index in [2.05, 4.69) is 0 Å². The zero-order valence-corrected chi connectivity index (χ0v) is 16.8. The van der Waals surface area contributed by atoms with Crippen LogP contribution in [0.25, 0.3) is 0 Å². The Balaban J connectivity index is 2.10. The summed E-state index contributed by atoms with van der Waals surface area (Å²) in [5.41, 5.74) is 2.43. The van der Waals surface area contributed by atoms with Gasteiger partial charge < -0.3 is 14.6 Å². The number of fused-ring (bicyclic) bond motifs is 1. The molecule has 1 N–H and O–H groups in total. The first-order chi connectivity index (χ1) is 13.3. The molecule has 0 aliphatic carbocycles. The quantitative estimate of drug-likeness (QED) is 0.794. The van der Waals surface area contributed by atoms with Crippen molar-refractivity contribution >= 4 is 16.0 Å². The molecule has 0 spiro atoms. The van der Waals surface area contributed by atoms with Gasteiger partial charge in [-0.1, -0.05) is 17.7 Å². The summed E-state index contributed by atoms with van der Waals surface area (Å²) in [6, 6.07) is 9.19. The summed E-state index contributed by atoms with van der Waals surface area (Å²) in [6.45, 7) is 2.07. The Morgan fingerprint density at radius 1 is 1.14 bits per heavy atom. The molecule has 0 bridgehead atoms. The number of methoxy groups -OCH3 is 2. The Hall–Kier alpha value is -2.58. The van der Waals surface area contributed by atoms with Crippen LogP contribution >= 0.6 is 0 Å². The van der Waals surface area contributed by atoms with E-state index in [4.69, 9.17) is 9.47 Å². The SMILES string of the molecule is COc1cc2c(cc1OC)C(CC(=O)O)N(S(=O)(=O)c1ccc(C)cc1)CC2. The van der Waals surface area contributed by atoms with E-state index in [9.17, 15) is 18.3 Å². The third-order valence-electron chi connectivity index (χ3n) is 4.95. The number of aryl methyl sites for hydroxylation is 1. The Labute approximate surface area is 164 Å². The first-order valence-electron chi connectivity index (χ1n) is 8.83. The summed E-state index contributed by atoms with van der Waals surface area (Å²) in [7, 11) is -0.844. The second-order valence-electron chi connectivity index (χ2n) is 6.70. The molecule has 1 atom stereocenters. The highest BCUT2D eigenvalue weighted by Gasteiger charge is 2.38. The van der Waals surface area contributed by atoms with Crippen molar-refractivity contribution in [2.75, 3.05) is 20.8 Å². The number of hydrogen-bond donors (Lipinski definition) is 1. The van der Waals surface area contributed by atoms with Gasteiger partial charge in [0, 0.05) is 6.54 Å². The smallest absolute Gasteiger partial charge is 0.305 e. The molecule has 1 aliphatic heterocycles. The van der Waals surface area contributed by atoms with Crippen LogP contribution in [0, 0.1) is 6.92 Å². The third kappa shape index (κ3) is 3.70. The van der Waals surface area contributed by atoms with Crippen LogP contribution in [0.15, 0.2) is 41.3 Å². The second-order valence-corrected chi connectivity index (χ2v) is 8.59. The number of rotatable bonds is 6. The zero-order valence-electron chi connectivity index (χ0n) is 16.0. The normalized spacial score (nSPS) is 17.0. The second kappa shape index (κ2) is 7.81. The molecule has 2 aromatic carbocycles. The lowest BCUT2D eigenvalue weighted by Crippen LogP contribution is -2.41. The van der Waals surface area contributed by atoms with Crippen LogP contribution in [-0.4, -0.2) is 44.6 Å². The van der Waals surface area contributed by atoms with Gasteiger partial charge in [0.2, 0.25) is 10.0 Å². The highest BCUT2D eigenvalue weighted by molar-refractivity contribution is 7.89. The van der Waals surface area contributed by atoms with E-state index < -0.39 is 22.0 Å². The highest BCUT2D eigenvalue weighted by Crippen LogP contribution is 2.41. The Morgan fingerprint density at radius 2 is 1.75 bits per heavy atom. The minimum absolute atomic E-state index is 0.150. The molecule has 0 saturated carbocycles. The topological polar surface area (TPSA) is 93.1 Å². The largest absolute Gasteiger partial charge is 0.493 e.